The molecule has 0 aliphatic carbocycles. The summed E-state index contributed by atoms with van der Waals surface area (Å²) in [6.07, 6.45) is 4.00. The average molecular weight is 302 g/mol. The van der Waals surface area contributed by atoms with Crippen LogP contribution in [0.1, 0.15) is 32.4 Å². The number of nitrogens with one attached hydrogen (secondary N) is 2. The molecule has 0 aromatic carbocycles. The number of pyridine rings is 1. The molecule has 118 valence electrons. The summed E-state index contributed by atoms with van der Waals surface area (Å²) in [7, 11) is 0. The Labute approximate surface area is 129 Å². The van der Waals surface area contributed by atoms with Gasteiger partial charge in [0.1, 0.15) is 11.6 Å². The first-order valence-electron chi connectivity index (χ1n) is 7.60. The summed E-state index contributed by atoms with van der Waals surface area (Å²) in [5.74, 6) is 1.28. The van der Waals surface area contributed by atoms with Gasteiger partial charge in [0.25, 0.3) is 5.56 Å². The lowest BCUT2D eigenvalue weighted by Crippen LogP contribution is -2.20. The van der Waals surface area contributed by atoms with Gasteiger partial charge >= 0.3 is 0 Å². The number of aromatic amines is 1. The summed E-state index contributed by atoms with van der Waals surface area (Å²) in [5.41, 5.74) is 1.38. The molecule has 0 aliphatic heterocycles. The van der Waals surface area contributed by atoms with Gasteiger partial charge in [0, 0.05) is 36.2 Å². The van der Waals surface area contributed by atoms with Gasteiger partial charge in [0.05, 0.1) is 0 Å². The number of aliphatic hydroxyl groups is 1. The third-order valence-corrected chi connectivity index (χ3v) is 3.52. The number of nitrogens with zero attached hydrogens (tertiary/aromatic N) is 2. The number of hydrogen-bond acceptors (Lipinski definition) is 5. The van der Waals surface area contributed by atoms with E-state index in [9.17, 15) is 4.79 Å². The van der Waals surface area contributed by atoms with Crippen LogP contribution in [0.5, 0.6) is 0 Å². The molecule has 0 saturated heterocycles. The third-order valence-electron chi connectivity index (χ3n) is 3.52. The molecule has 6 nitrogen and oxygen atoms in total. The van der Waals surface area contributed by atoms with Crippen LogP contribution in [-0.2, 0) is 6.42 Å². The number of hydrogen-bond donors (Lipinski definition) is 3. The second-order valence-corrected chi connectivity index (χ2v) is 5.13. The highest BCUT2D eigenvalue weighted by Crippen LogP contribution is 2.16. The minimum atomic E-state index is -0.155. The van der Waals surface area contributed by atoms with Gasteiger partial charge in [0.2, 0.25) is 0 Å². The fourth-order valence-corrected chi connectivity index (χ4v) is 2.19. The lowest BCUT2D eigenvalue weighted by Gasteiger charge is -2.16. The molecular formula is C16H22N4O2. The molecule has 0 fully saturated rings. The number of aromatic nitrogens is 3. The average Bonchev–Trinajstić information content (AvgIpc) is 2.54. The Morgan fingerprint density at radius 3 is 2.77 bits per heavy atom. The first-order chi connectivity index (χ1) is 10.7. The normalized spacial score (nSPS) is 12.1. The van der Waals surface area contributed by atoms with Crippen LogP contribution >= 0.6 is 0 Å². The monoisotopic (exact) mass is 302 g/mol. The van der Waals surface area contributed by atoms with Crippen LogP contribution in [0.2, 0.25) is 0 Å². The summed E-state index contributed by atoms with van der Waals surface area (Å²) in [5, 5.41) is 12.3. The molecule has 3 N–H and O–H groups in total. The lowest BCUT2D eigenvalue weighted by molar-refractivity contribution is 0.278. The standard InChI is InChI=1S/C16H22N4O2/c1-3-12(7-8-21)18-14-6-5-11(10-17-14)16-19-13(4-2)9-15(22)20-16/h5-6,9-10,12,21H,3-4,7-8H2,1-2H3,(H,17,18)(H,19,20,22). The van der Waals surface area contributed by atoms with Gasteiger partial charge in [-0.25, -0.2) is 9.97 Å². The zero-order chi connectivity index (χ0) is 15.9. The van der Waals surface area contributed by atoms with Gasteiger partial charge in [-0.3, -0.25) is 4.79 Å². The molecule has 0 amide bonds. The summed E-state index contributed by atoms with van der Waals surface area (Å²) in [6.45, 7) is 4.17. The van der Waals surface area contributed by atoms with E-state index in [1.807, 2.05) is 19.1 Å². The Balaban J connectivity index is 2.18. The molecule has 0 radical (unpaired) electrons. The fraction of sp³-hybridized carbons (Fsp3) is 0.438. The van der Waals surface area contributed by atoms with Crippen LogP contribution < -0.4 is 10.9 Å². The topological polar surface area (TPSA) is 90.9 Å². The van der Waals surface area contributed by atoms with Crippen molar-refractivity contribution in [2.75, 3.05) is 11.9 Å². The quantitative estimate of drug-likeness (QED) is 0.727. The number of aryl methyl sites for hydroxylation is 1. The molecule has 0 aliphatic rings. The largest absolute Gasteiger partial charge is 0.396 e. The van der Waals surface area contributed by atoms with Crippen LogP contribution in [0.4, 0.5) is 5.82 Å². The first-order valence-corrected chi connectivity index (χ1v) is 7.60. The highest BCUT2D eigenvalue weighted by Gasteiger charge is 2.07. The maximum absolute atomic E-state index is 11.6. The van der Waals surface area contributed by atoms with Crippen molar-refractivity contribution < 1.29 is 5.11 Å². The maximum atomic E-state index is 11.6. The lowest BCUT2D eigenvalue weighted by atomic mass is 10.1. The van der Waals surface area contributed by atoms with Crippen LogP contribution in [0.25, 0.3) is 11.4 Å². The van der Waals surface area contributed by atoms with Crippen molar-refractivity contribution in [2.45, 2.75) is 39.2 Å². The number of H-pyrrole nitrogens is 1. The predicted molar refractivity (Wildman–Crippen MR) is 86.9 cm³/mol. The van der Waals surface area contributed by atoms with E-state index in [2.05, 4.69) is 27.2 Å². The van der Waals surface area contributed by atoms with Gasteiger partial charge in [-0.15, -0.1) is 0 Å². The van der Waals surface area contributed by atoms with Gasteiger partial charge in [-0.1, -0.05) is 13.8 Å². The third kappa shape index (κ3) is 4.14. The van der Waals surface area contributed by atoms with Crippen molar-refractivity contribution >= 4 is 5.82 Å². The molecule has 0 bridgehead atoms. The Kier molecular flexibility index (Phi) is 5.66. The summed E-state index contributed by atoms with van der Waals surface area (Å²) >= 11 is 0. The van der Waals surface area contributed by atoms with E-state index in [4.69, 9.17) is 5.11 Å². The van der Waals surface area contributed by atoms with E-state index < -0.39 is 0 Å². The van der Waals surface area contributed by atoms with E-state index in [0.717, 1.165) is 23.5 Å². The molecule has 2 aromatic rings. The van der Waals surface area contributed by atoms with Crippen LogP contribution in [0.3, 0.4) is 0 Å². The second kappa shape index (κ2) is 7.70. The first kappa shape index (κ1) is 16.2. The van der Waals surface area contributed by atoms with Crippen molar-refractivity contribution in [2.24, 2.45) is 0 Å². The highest BCUT2D eigenvalue weighted by molar-refractivity contribution is 5.56. The van der Waals surface area contributed by atoms with E-state index >= 15 is 0 Å². The minimum Gasteiger partial charge on any atom is -0.396 e. The summed E-state index contributed by atoms with van der Waals surface area (Å²) in [6, 6.07) is 5.44. The van der Waals surface area contributed by atoms with Gasteiger partial charge in [0.15, 0.2) is 0 Å². The van der Waals surface area contributed by atoms with Crippen LogP contribution in [0, 0.1) is 0 Å². The molecule has 6 heteroatoms. The highest BCUT2D eigenvalue weighted by atomic mass is 16.3. The molecule has 0 spiro atoms. The van der Waals surface area contributed by atoms with Crippen LogP contribution in [0.15, 0.2) is 29.2 Å². The fourth-order valence-electron chi connectivity index (χ4n) is 2.19. The molecule has 22 heavy (non-hydrogen) atoms. The molecule has 0 saturated carbocycles. The van der Waals surface area contributed by atoms with Gasteiger partial charge in [-0.05, 0) is 31.4 Å². The molecule has 2 rings (SSSR count). The number of anilines is 1. The van der Waals surface area contributed by atoms with Gasteiger partial charge < -0.3 is 15.4 Å². The Morgan fingerprint density at radius 2 is 2.18 bits per heavy atom. The van der Waals surface area contributed by atoms with Crippen molar-refractivity contribution in [1.82, 2.24) is 15.0 Å². The van der Waals surface area contributed by atoms with Crippen molar-refractivity contribution in [3.63, 3.8) is 0 Å². The second-order valence-electron chi connectivity index (χ2n) is 5.13. The summed E-state index contributed by atoms with van der Waals surface area (Å²) < 4.78 is 0. The van der Waals surface area contributed by atoms with E-state index in [-0.39, 0.29) is 18.2 Å². The summed E-state index contributed by atoms with van der Waals surface area (Å²) in [4.78, 5) is 23.1. The Morgan fingerprint density at radius 1 is 1.36 bits per heavy atom. The Hall–Kier alpha value is -2.21. The minimum absolute atomic E-state index is 0.151. The molecular weight excluding hydrogens is 280 g/mol. The number of aliphatic hydroxyl groups excluding tert-OH is 1. The van der Waals surface area contributed by atoms with Crippen molar-refractivity contribution in [3.8, 4) is 11.4 Å². The molecule has 1 unspecified atom stereocenters. The smallest absolute Gasteiger partial charge is 0.251 e. The van der Waals surface area contributed by atoms with Gasteiger partial charge in [-0.2, -0.15) is 0 Å². The SMILES string of the molecule is CCc1cc(=O)[nH]c(-c2ccc(NC(CC)CCO)nc2)n1. The number of rotatable bonds is 7. The van der Waals surface area contributed by atoms with E-state index in [1.165, 1.54) is 6.07 Å². The zero-order valence-corrected chi connectivity index (χ0v) is 13.0. The Bertz CT molecular complexity index is 652. The molecule has 2 aromatic heterocycles. The maximum Gasteiger partial charge on any atom is 0.251 e. The van der Waals surface area contributed by atoms with Crippen LogP contribution in [-0.4, -0.2) is 32.7 Å². The molecule has 2 heterocycles. The molecule has 1 atom stereocenters. The zero-order valence-electron chi connectivity index (χ0n) is 13.0. The van der Waals surface area contributed by atoms with E-state index in [1.54, 1.807) is 6.20 Å². The predicted octanol–water partition coefficient (Wildman–Crippen LogP) is 1.97. The van der Waals surface area contributed by atoms with Crippen molar-refractivity contribution in [3.05, 3.63) is 40.4 Å². The van der Waals surface area contributed by atoms with E-state index in [0.29, 0.717) is 18.7 Å². The van der Waals surface area contributed by atoms with Crippen molar-refractivity contribution in [1.29, 1.82) is 0 Å².